The molecule has 0 radical (unpaired) electrons. The molecule has 2 fully saturated rings. The van der Waals surface area contributed by atoms with Gasteiger partial charge < -0.3 is 19.1 Å². The van der Waals surface area contributed by atoms with Gasteiger partial charge in [0.1, 0.15) is 0 Å². The molecule has 2 aromatic rings. The van der Waals surface area contributed by atoms with Crippen LogP contribution in [0, 0.1) is 0 Å². The minimum absolute atomic E-state index is 0.282. The first-order chi connectivity index (χ1) is 14.6. The smallest absolute Gasteiger partial charge is 0.233 e. The predicted molar refractivity (Wildman–Crippen MR) is 115 cm³/mol. The number of hydrogen-bond donors (Lipinski definition) is 0. The van der Waals surface area contributed by atoms with Crippen molar-refractivity contribution >= 4 is 5.91 Å². The fourth-order valence-corrected chi connectivity index (χ4v) is 4.45. The summed E-state index contributed by atoms with van der Waals surface area (Å²) in [6, 6.07) is 14.2. The van der Waals surface area contributed by atoms with E-state index in [0.29, 0.717) is 17.2 Å². The molecule has 1 saturated heterocycles. The van der Waals surface area contributed by atoms with Gasteiger partial charge in [0.2, 0.25) is 11.7 Å². The molecule has 2 aromatic carbocycles. The lowest BCUT2D eigenvalue weighted by atomic mass is 9.94. The minimum Gasteiger partial charge on any atom is -0.493 e. The van der Waals surface area contributed by atoms with Crippen LogP contribution in [-0.2, 0) is 16.8 Å². The largest absolute Gasteiger partial charge is 0.493 e. The normalized spacial score (nSPS) is 18.0. The van der Waals surface area contributed by atoms with Gasteiger partial charge in [0.15, 0.2) is 11.5 Å². The van der Waals surface area contributed by atoms with Gasteiger partial charge in [-0.05, 0) is 24.5 Å². The van der Waals surface area contributed by atoms with Crippen LogP contribution in [0.3, 0.4) is 0 Å². The number of carbonyl (C=O) groups excluding carboxylic acids is 1. The molecular weight excluding hydrogens is 380 g/mol. The van der Waals surface area contributed by atoms with Gasteiger partial charge in [0.05, 0.1) is 26.7 Å². The molecular formula is C24H30N2O4. The van der Waals surface area contributed by atoms with Gasteiger partial charge in [-0.15, -0.1) is 0 Å². The van der Waals surface area contributed by atoms with Crippen LogP contribution in [0.15, 0.2) is 42.5 Å². The Labute approximate surface area is 178 Å². The Bertz CT molecular complexity index is 888. The molecule has 6 heteroatoms. The van der Waals surface area contributed by atoms with Crippen LogP contribution in [0.4, 0.5) is 0 Å². The van der Waals surface area contributed by atoms with E-state index in [4.69, 9.17) is 14.2 Å². The number of hydrogen-bond acceptors (Lipinski definition) is 5. The van der Waals surface area contributed by atoms with Gasteiger partial charge in [0, 0.05) is 38.3 Å². The van der Waals surface area contributed by atoms with E-state index >= 15 is 0 Å². The van der Waals surface area contributed by atoms with E-state index in [0.717, 1.165) is 56.7 Å². The molecule has 1 saturated carbocycles. The van der Waals surface area contributed by atoms with E-state index < -0.39 is 0 Å². The van der Waals surface area contributed by atoms with E-state index in [2.05, 4.69) is 17.0 Å². The monoisotopic (exact) mass is 410 g/mol. The number of carbonyl (C=O) groups is 1. The Hall–Kier alpha value is -2.73. The molecule has 6 nitrogen and oxygen atoms in total. The topological polar surface area (TPSA) is 51.2 Å². The molecule has 1 aliphatic carbocycles. The van der Waals surface area contributed by atoms with Gasteiger partial charge >= 0.3 is 0 Å². The summed E-state index contributed by atoms with van der Waals surface area (Å²) >= 11 is 0. The van der Waals surface area contributed by atoms with Gasteiger partial charge in [0.25, 0.3) is 0 Å². The number of piperazine rings is 1. The first-order valence-corrected chi connectivity index (χ1v) is 10.5. The second kappa shape index (κ2) is 8.56. The highest BCUT2D eigenvalue weighted by Gasteiger charge is 2.53. The van der Waals surface area contributed by atoms with Crippen LogP contribution >= 0.6 is 0 Å². The fourth-order valence-electron chi connectivity index (χ4n) is 4.45. The molecule has 0 spiro atoms. The Morgan fingerprint density at radius 1 is 0.867 bits per heavy atom. The van der Waals surface area contributed by atoms with Crippen LogP contribution in [0.5, 0.6) is 17.2 Å². The quantitative estimate of drug-likeness (QED) is 0.702. The van der Waals surface area contributed by atoms with Crippen LogP contribution < -0.4 is 14.2 Å². The van der Waals surface area contributed by atoms with E-state index in [1.807, 2.05) is 35.2 Å². The first-order valence-electron chi connectivity index (χ1n) is 10.5. The predicted octanol–water partition coefficient (Wildman–Crippen LogP) is 3.09. The standard InChI is InChI=1S/C24H30N2O4/c1-28-20-10-9-18(21(29-2)22(20)30-3)17-25-13-15-26(16-14-25)23(27)24(11-12-24)19-7-5-4-6-8-19/h4-10H,11-17H2,1-3H3. The summed E-state index contributed by atoms with van der Waals surface area (Å²) < 4.78 is 16.5. The number of methoxy groups -OCH3 is 3. The van der Waals surface area contributed by atoms with E-state index in [9.17, 15) is 4.79 Å². The molecule has 160 valence electrons. The van der Waals surface area contributed by atoms with Crippen molar-refractivity contribution in [1.29, 1.82) is 0 Å². The SMILES string of the molecule is COc1ccc(CN2CCN(C(=O)C3(c4ccccc4)CC3)CC2)c(OC)c1OC. The summed E-state index contributed by atoms with van der Waals surface area (Å²) in [6.07, 6.45) is 1.91. The number of amides is 1. The summed E-state index contributed by atoms with van der Waals surface area (Å²) in [6.45, 7) is 3.93. The highest BCUT2D eigenvalue weighted by atomic mass is 16.5. The molecule has 4 rings (SSSR count). The van der Waals surface area contributed by atoms with Crippen molar-refractivity contribution in [2.45, 2.75) is 24.8 Å². The molecule has 1 amide bonds. The zero-order chi connectivity index (χ0) is 21.1. The lowest BCUT2D eigenvalue weighted by Crippen LogP contribution is -2.51. The maximum atomic E-state index is 13.3. The zero-order valence-electron chi connectivity index (χ0n) is 18.0. The zero-order valence-corrected chi connectivity index (χ0v) is 18.0. The third kappa shape index (κ3) is 3.72. The second-order valence-corrected chi connectivity index (χ2v) is 8.01. The van der Waals surface area contributed by atoms with Crippen LogP contribution in [0.25, 0.3) is 0 Å². The van der Waals surface area contributed by atoms with Crippen molar-refractivity contribution in [1.82, 2.24) is 9.80 Å². The van der Waals surface area contributed by atoms with Gasteiger partial charge in [-0.3, -0.25) is 9.69 Å². The summed E-state index contributed by atoms with van der Waals surface area (Å²) in [4.78, 5) is 17.7. The van der Waals surface area contributed by atoms with Crippen molar-refractivity contribution in [2.24, 2.45) is 0 Å². The molecule has 0 atom stereocenters. The third-order valence-corrected chi connectivity index (χ3v) is 6.32. The maximum absolute atomic E-state index is 13.3. The summed E-state index contributed by atoms with van der Waals surface area (Å²) in [5.74, 6) is 2.27. The van der Waals surface area contributed by atoms with Crippen LogP contribution in [-0.4, -0.2) is 63.2 Å². The Balaban J connectivity index is 1.41. The number of rotatable bonds is 7. The Morgan fingerprint density at radius 3 is 2.10 bits per heavy atom. The lowest BCUT2D eigenvalue weighted by molar-refractivity contribution is -0.135. The van der Waals surface area contributed by atoms with Gasteiger partial charge in [-0.1, -0.05) is 36.4 Å². The molecule has 0 bridgehead atoms. The van der Waals surface area contributed by atoms with Crippen molar-refractivity contribution in [3.63, 3.8) is 0 Å². The van der Waals surface area contributed by atoms with Crippen LogP contribution in [0.1, 0.15) is 24.0 Å². The molecule has 0 N–H and O–H groups in total. The van der Waals surface area contributed by atoms with Crippen molar-refractivity contribution < 1.29 is 19.0 Å². The molecule has 2 aliphatic rings. The summed E-state index contributed by atoms with van der Waals surface area (Å²) in [5, 5.41) is 0. The summed E-state index contributed by atoms with van der Waals surface area (Å²) in [7, 11) is 4.89. The maximum Gasteiger partial charge on any atom is 0.233 e. The Kier molecular flexibility index (Phi) is 5.86. The van der Waals surface area contributed by atoms with E-state index in [1.54, 1.807) is 21.3 Å². The van der Waals surface area contributed by atoms with Crippen molar-refractivity contribution in [3.8, 4) is 17.2 Å². The van der Waals surface area contributed by atoms with Crippen molar-refractivity contribution in [2.75, 3.05) is 47.5 Å². The lowest BCUT2D eigenvalue weighted by Gasteiger charge is -2.37. The van der Waals surface area contributed by atoms with E-state index in [1.165, 1.54) is 0 Å². The molecule has 1 aliphatic heterocycles. The van der Waals surface area contributed by atoms with E-state index in [-0.39, 0.29) is 11.3 Å². The average molecular weight is 411 g/mol. The summed E-state index contributed by atoms with van der Waals surface area (Å²) in [5.41, 5.74) is 1.93. The molecule has 1 heterocycles. The van der Waals surface area contributed by atoms with Crippen molar-refractivity contribution in [3.05, 3.63) is 53.6 Å². The highest BCUT2D eigenvalue weighted by molar-refractivity contribution is 5.91. The van der Waals surface area contributed by atoms with Crippen LogP contribution in [0.2, 0.25) is 0 Å². The second-order valence-electron chi connectivity index (χ2n) is 8.01. The average Bonchev–Trinajstić information content (AvgIpc) is 3.61. The highest BCUT2D eigenvalue weighted by Crippen LogP contribution is 2.49. The van der Waals surface area contributed by atoms with Gasteiger partial charge in [-0.2, -0.15) is 0 Å². The molecule has 30 heavy (non-hydrogen) atoms. The fraction of sp³-hybridized carbons (Fsp3) is 0.458. The van der Waals surface area contributed by atoms with Gasteiger partial charge in [-0.25, -0.2) is 0 Å². The Morgan fingerprint density at radius 2 is 1.53 bits per heavy atom. The number of nitrogens with zero attached hydrogens (tertiary/aromatic N) is 2. The minimum atomic E-state index is -0.282. The number of benzene rings is 2. The molecule has 0 aromatic heterocycles. The third-order valence-electron chi connectivity index (χ3n) is 6.32. The molecule has 0 unspecified atom stereocenters. The number of ether oxygens (including phenoxy) is 3. The first kappa shape index (κ1) is 20.5.